The number of rotatable bonds is 11. The van der Waals surface area contributed by atoms with Crippen LogP contribution in [-0.2, 0) is 14.8 Å². The standard InChI is InChI=1S/C24H32N2O5S/c1-6-26(7-2)32(29,30)23-16-20(11-13-22(23)31-8-3)25-24(28)14-12-21(27)19-10-9-17(4)18(5)15-19/h9-11,13,15-16H,6-8,12,14H2,1-5H3,(H,25,28). The van der Waals surface area contributed by atoms with Crippen LogP contribution in [0.2, 0.25) is 0 Å². The fraction of sp³-hybridized carbons (Fsp3) is 0.417. The minimum atomic E-state index is -3.78. The lowest BCUT2D eigenvalue weighted by Gasteiger charge is -2.21. The first kappa shape index (κ1) is 25.5. The monoisotopic (exact) mass is 460 g/mol. The zero-order valence-corrected chi connectivity index (χ0v) is 20.2. The molecule has 0 saturated heterocycles. The van der Waals surface area contributed by atoms with Gasteiger partial charge in [-0.2, -0.15) is 4.31 Å². The predicted molar refractivity (Wildman–Crippen MR) is 126 cm³/mol. The summed E-state index contributed by atoms with van der Waals surface area (Å²) in [4.78, 5) is 24.9. The van der Waals surface area contributed by atoms with Crippen molar-refractivity contribution in [2.75, 3.05) is 25.0 Å². The summed E-state index contributed by atoms with van der Waals surface area (Å²) in [5, 5.41) is 2.70. The molecule has 0 saturated carbocycles. The van der Waals surface area contributed by atoms with E-state index in [9.17, 15) is 18.0 Å². The van der Waals surface area contributed by atoms with Crippen LogP contribution in [0.4, 0.5) is 5.69 Å². The Balaban J connectivity index is 2.15. The summed E-state index contributed by atoms with van der Waals surface area (Å²) >= 11 is 0. The first-order valence-electron chi connectivity index (χ1n) is 10.8. The minimum Gasteiger partial charge on any atom is -0.492 e. The number of benzene rings is 2. The van der Waals surface area contributed by atoms with Gasteiger partial charge >= 0.3 is 0 Å². The molecule has 0 aromatic heterocycles. The van der Waals surface area contributed by atoms with Gasteiger partial charge in [0.25, 0.3) is 0 Å². The number of carbonyl (C=O) groups is 2. The van der Waals surface area contributed by atoms with Crippen molar-refractivity contribution in [1.82, 2.24) is 4.31 Å². The molecule has 8 heteroatoms. The van der Waals surface area contributed by atoms with Gasteiger partial charge in [0.15, 0.2) is 5.78 Å². The summed E-state index contributed by atoms with van der Waals surface area (Å²) < 4.78 is 32.9. The number of nitrogens with one attached hydrogen (secondary N) is 1. The van der Waals surface area contributed by atoms with Crippen LogP contribution in [0.3, 0.4) is 0 Å². The largest absolute Gasteiger partial charge is 0.492 e. The lowest BCUT2D eigenvalue weighted by Crippen LogP contribution is -2.31. The van der Waals surface area contributed by atoms with E-state index in [0.717, 1.165) is 11.1 Å². The van der Waals surface area contributed by atoms with Gasteiger partial charge in [0.2, 0.25) is 15.9 Å². The molecule has 1 N–H and O–H groups in total. The van der Waals surface area contributed by atoms with Gasteiger partial charge in [-0.15, -0.1) is 0 Å². The van der Waals surface area contributed by atoms with Crippen molar-refractivity contribution in [3.05, 3.63) is 53.1 Å². The molecule has 1 amide bonds. The number of hydrogen-bond donors (Lipinski definition) is 1. The molecule has 0 atom stereocenters. The summed E-state index contributed by atoms with van der Waals surface area (Å²) in [6, 6.07) is 10.0. The van der Waals surface area contributed by atoms with Crippen molar-refractivity contribution in [3.63, 3.8) is 0 Å². The van der Waals surface area contributed by atoms with E-state index in [4.69, 9.17) is 4.74 Å². The number of Topliss-reactive ketones (excluding diaryl/α,β-unsaturated/α-hetero) is 1. The number of sulfonamides is 1. The predicted octanol–water partition coefficient (Wildman–Crippen LogP) is 4.33. The summed E-state index contributed by atoms with van der Waals surface area (Å²) in [6.45, 7) is 10.2. The maximum atomic E-state index is 13.0. The van der Waals surface area contributed by atoms with Crippen LogP contribution < -0.4 is 10.1 Å². The third-order valence-corrected chi connectivity index (χ3v) is 7.33. The maximum absolute atomic E-state index is 13.0. The second kappa shape index (κ2) is 11.2. The normalized spacial score (nSPS) is 11.4. The molecule has 0 fully saturated rings. The minimum absolute atomic E-state index is 0.00288. The van der Waals surface area contributed by atoms with E-state index < -0.39 is 10.0 Å². The van der Waals surface area contributed by atoms with Crippen LogP contribution >= 0.6 is 0 Å². The highest BCUT2D eigenvalue weighted by Gasteiger charge is 2.26. The highest BCUT2D eigenvalue weighted by molar-refractivity contribution is 7.89. The van der Waals surface area contributed by atoms with Gasteiger partial charge in [-0.25, -0.2) is 8.42 Å². The van der Waals surface area contributed by atoms with Gasteiger partial charge < -0.3 is 10.1 Å². The van der Waals surface area contributed by atoms with E-state index in [2.05, 4.69) is 5.32 Å². The molecule has 2 rings (SSSR count). The third-order valence-electron chi connectivity index (χ3n) is 5.26. The van der Waals surface area contributed by atoms with Gasteiger partial charge in [0.05, 0.1) is 6.61 Å². The van der Waals surface area contributed by atoms with Crippen LogP contribution in [0.5, 0.6) is 5.75 Å². The third kappa shape index (κ3) is 6.17. The molecule has 0 radical (unpaired) electrons. The Morgan fingerprint density at radius 2 is 1.62 bits per heavy atom. The molecule has 0 unspecified atom stereocenters. The molecular weight excluding hydrogens is 428 g/mol. The molecule has 174 valence electrons. The average Bonchev–Trinajstić information content (AvgIpc) is 2.75. The fourth-order valence-corrected chi connectivity index (χ4v) is 4.89. The lowest BCUT2D eigenvalue weighted by molar-refractivity contribution is -0.116. The highest BCUT2D eigenvalue weighted by Crippen LogP contribution is 2.30. The topological polar surface area (TPSA) is 92.8 Å². The molecule has 7 nitrogen and oxygen atoms in total. The van der Waals surface area contributed by atoms with Gasteiger partial charge in [0, 0.05) is 37.2 Å². The molecule has 0 aliphatic heterocycles. The van der Waals surface area contributed by atoms with E-state index in [0.29, 0.717) is 30.9 Å². The Bertz CT molecular complexity index is 1080. The Morgan fingerprint density at radius 3 is 2.22 bits per heavy atom. The van der Waals surface area contributed by atoms with Crippen LogP contribution in [0, 0.1) is 13.8 Å². The molecule has 2 aromatic carbocycles. The molecular formula is C24H32N2O5S. The zero-order chi connectivity index (χ0) is 23.9. The Morgan fingerprint density at radius 1 is 0.938 bits per heavy atom. The highest BCUT2D eigenvalue weighted by atomic mass is 32.2. The molecule has 32 heavy (non-hydrogen) atoms. The number of aryl methyl sites for hydroxylation is 2. The molecule has 0 heterocycles. The van der Waals surface area contributed by atoms with E-state index in [1.165, 1.54) is 16.4 Å². The van der Waals surface area contributed by atoms with E-state index >= 15 is 0 Å². The first-order chi connectivity index (χ1) is 15.1. The van der Waals surface area contributed by atoms with Gasteiger partial charge in [-0.05, 0) is 56.2 Å². The molecule has 0 aliphatic rings. The number of ether oxygens (including phenoxy) is 1. The zero-order valence-electron chi connectivity index (χ0n) is 19.4. The van der Waals surface area contributed by atoms with E-state index in [1.807, 2.05) is 26.0 Å². The smallest absolute Gasteiger partial charge is 0.246 e. The van der Waals surface area contributed by atoms with E-state index in [-0.39, 0.29) is 35.2 Å². The van der Waals surface area contributed by atoms with E-state index in [1.54, 1.807) is 32.9 Å². The Kier molecular flexibility index (Phi) is 8.98. The van der Waals surface area contributed by atoms with Crippen molar-refractivity contribution >= 4 is 27.4 Å². The maximum Gasteiger partial charge on any atom is 0.246 e. The SMILES string of the molecule is CCOc1ccc(NC(=O)CCC(=O)c2ccc(C)c(C)c2)cc1S(=O)(=O)N(CC)CC. The fourth-order valence-electron chi connectivity index (χ4n) is 3.27. The van der Waals surface area contributed by atoms with Crippen LogP contribution in [0.1, 0.15) is 55.1 Å². The number of amides is 1. The van der Waals surface area contributed by atoms with Gasteiger partial charge in [-0.3, -0.25) is 9.59 Å². The van der Waals surface area contributed by atoms with Crippen molar-refractivity contribution in [2.24, 2.45) is 0 Å². The summed E-state index contributed by atoms with van der Waals surface area (Å²) in [7, 11) is -3.78. The van der Waals surface area contributed by atoms with Crippen molar-refractivity contribution in [1.29, 1.82) is 0 Å². The lowest BCUT2D eigenvalue weighted by atomic mass is 10.0. The number of hydrogen-bond acceptors (Lipinski definition) is 5. The molecule has 2 aromatic rings. The summed E-state index contributed by atoms with van der Waals surface area (Å²) in [5.74, 6) is -0.236. The summed E-state index contributed by atoms with van der Waals surface area (Å²) in [6.07, 6.45) is 0.0626. The van der Waals surface area contributed by atoms with Gasteiger partial charge in [0.1, 0.15) is 10.6 Å². The number of nitrogens with zero attached hydrogens (tertiary/aromatic N) is 1. The summed E-state index contributed by atoms with van der Waals surface area (Å²) in [5.41, 5.74) is 3.04. The van der Waals surface area contributed by atoms with Gasteiger partial charge in [-0.1, -0.05) is 26.0 Å². The first-order valence-corrected chi connectivity index (χ1v) is 12.2. The van der Waals surface area contributed by atoms with Crippen LogP contribution in [0.15, 0.2) is 41.3 Å². The molecule has 0 bridgehead atoms. The molecule has 0 aliphatic carbocycles. The Labute approximate surface area is 190 Å². The second-order valence-corrected chi connectivity index (χ2v) is 9.36. The quantitative estimate of drug-likeness (QED) is 0.504. The number of anilines is 1. The number of ketones is 1. The van der Waals surface area contributed by atoms with Crippen molar-refractivity contribution < 1.29 is 22.7 Å². The number of carbonyl (C=O) groups excluding carboxylic acids is 2. The Hall–Kier alpha value is -2.71. The van der Waals surface area contributed by atoms with Crippen LogP contribution in [-0.4, -0.2) is 44.1 Å². The van der Waals surface area contributed by atoms with Crippen molar-refractivity contribution in [3.8, 4) is 5.75 Å². The molecule has 0 spiro atoms. The second-order valence-electron chi connectivity index (χ2n) is 7.45. The van der Waals surface area contributed by atoms with Crippen molar-refractivity contribution in [2.45, 2.75) is 52.4 Å². The van der Waals surface area contributed by atoms with Crippen LogP contribution in [0.25, 0.3) is 0 Å². The average molecular weight is 461 g/mol.